The van der Waals surface area contributed by atoms with Crippen molar-refractivity contribution in [3.63, 3.8) is 0 Å². The van der Waals surface area contributed by atoms with E-state index in [2.05, 4.69) is 4.98 Å². The molecule has 0 saturated heterocycles. The summed E-state index contributed by atoms with van der Waals surface area (Å²) in [6.07, 6.45) is 0. The van der Waals surface area contributed by atoms with Gasteiger partial charge in [0.25, 0.3) is 5.91 Å². The fraction of sp³-hybridized carbons (Fsp3) is 0.100. The number of para-hydroxylation sites is 1. The second-order valence-corrected chi connectivity index (χ2v) is 7.41. The molecule has 4 aromatic rings. The number of hydrogen-bond donors (Lipinski definition) is 0. The largest absolute Gasteiger partial charge is 0.448 e. The lowest BCUT2D eigenvalue weighted by Gasteiger charge is -2.15. The van der Waals surface area contributed by atoms with Gasteiger partial charge in [-0.25, -0.2) is 4.98 Å². The minimum absolute atomic E-state index is 0.183. The molecule has 4 nitrogen and oxygen atoms in total. The highest BCUT2D eigenvalue weighted by atomic mass is 35.5. The molecule has 0 saturated carbocycles. The Hall–Kier alpha value is -2.63. The minimum Gasteiger partial charge on any atom is -0.448 e. The molecular weight excluding hydrogens is 368 g/mol. The summed E-state index contributed by atoms with van der Waals surface area (Å²) >= 11 is 7.55. The summed E-state index contributed by atoms with van der Waals surface area (Å²) in [5.74, 6) is 0.715. The molecule has 6 heteroatoms. The molecule has 0 aliphatic carbocycles. The van der Waals surface area contributed by atoms with Gasteiger partial charge in [0, 0.05) is 18.6 Å². The smallest absolute Gasteiger partial charge is 0.289 e. The van der Waals surface area contributed by atoms with E-state index >= 15 is 0 Å². The molecule has 2 heterocycles. The molecule has 0 aliphatic rings. The average Bonchev–Trinajstić information content (AvgIpc) is 3.27. The van der Waals surface area contributed by atoms with Crippen molar-refractivity contribution in [2.45, 2.75) is 6.54 Å². The standard InChI is InChI=1S/C20H15ClN2O2S/c1-23(12-13-5-4-6-14(21)11-13)20(24)17-10-9-16(25-17)19-22-15-7-2-3-8-18(15)26-19/h2-11H,12H2,1H3. The number of halogens is 1. The van der Waals surface area contributed by atoms with Crippen LogP contribution in [0, 0.1) is 0 Å². The molecule has 0 radical (unpaired) electrons. The van der Waals surface area contributed by atoms with Gasteiger partial charge < -0.3 is 9.32 Å². The van der Waals surface area contributed by atoms with Crippen LogP contribution >= 0.6 is 22.9 Å². The van der Waals surface area contributed by atoms with Gasteiger partial charge in [-0.2, -0.15) is 0 Å². The maximum atomic E-state index is 12.6. The van der Waals surface area contributed by atoms with E-state index in [4.69, 9.17) is 16.0 Å². The highest BCUT2D eigenvalue weighted by Gasteiger charge is 2.18. The number of carbonyl (C=O) groups excluding carboxylic acids is 1. The first-order chi connectivity index (χ1) is 12.6. The average molecular weight is 383 g/mol. The highest BCUT2D eigenvalue weighted by molar-refractivity contribution is 7.21. The van der Waals surface area contributed by atoms with Crippen molar-refractivity contribution in [3.05, 3.63) is 77.0 Å². The first kappa shape index (κ1) is 16.8. The lowest BCUT2D eigenvalue weighted by atomic mass is 10.2. The molecule has 1 amide bonds. The monoisotopic (exact) mass is 382 g/mol. The highest BCUT2D eigenvalue weighted by Crippen LogP contribution is 2.31. The van der Waals surface area contributed by atoms with Crippen molar-refractivity contribution < 1.29 is 9.21 Å². The van der Waals surface area contributed by atoms with Crippen LogP contribution in [0.15, 0.2) is 65.1 Å². The summed E-state index contributed by atoms with van der Waals surface area (Å²) in [7, 11) is 1.74. The van der Waals surface area contributed by atoms with Gasteiger partial charge >= 0.3 is 0 Å². The summed E-state index contributed by atoms with van der Waals surface area (Å²) in [6, 6.07) is 18.9. The number of rotatable bonds is 4. The normalized spacial score (nSPS) is 11.0. The Morgan fingerprint density at radius 1 is 1.15 bits per heavy atom. The van der Waals surface area contributed by atoms with Crippen LogP contribution < -0.4 is 0 Å². The first-order valence-corrected chi connectivity index (χ1v) is 9.25. The number of fused-ring (bicyclic) bond motifs is 1. The Morgan fingerprint density at radius 3 is 2.81 bits per heavy atom. The van der Waals surface area contributed by atoms with E-state index in [0.29, 0.717) is 23.1 Å². The Morgan fingerprint density at radius 2 is 2.00 bits per heavy atom. The number of benzene rings is 2. The number of carbonyl (C=O) groups is 1. The molecule has 0 spiro atoms. The van der Waals surface area contributed by atoms with E-state index < -0.39 is 0 Å². The van der Waals surface area contributed by atoms with Crippen LogP contribution in [-0.2, 0) is 6.54 Å². The molecule has 0 atom stereocenters. The van der Waals surface area contributed by atoms with Crippen molar-refractivity contribution in [1.29, 1.82) is 0 Å². The van der Waals surface area contributed by atoms with E-state index in [9.17, 15) is 4.79 Å². The van der Waals surface area contributed by atoms with Gasteiger partial charge in [0.05, 0.1) is 10.2 Å². The maximum Gasteiger partial charge on any atom is 0.289 e. The molecule has 4 rings (SSSR count). The molecule has 0 aliphatic heterocycles. The quantitative estimate of drug-likeness (QED) is 0.469. The minimum atomic E-state index is -0.183. The lowest BCUT2D eigenvalue weighted by molar-refractivity contribution is 0.0754. The zero-order valence-electron chi connectivity index (χ0n) is 14.0. The number of hydrogen-bond acceptors (Lipinski definition) is 4. The number of thiazole rings is 1. The van der Waals surface area contributed by atoms with E-state index in [0.717, 1.165) is 20.8 Å². The third kappa shape index (κ3) is 3.36. The van der Waals surface area contributed by atoms with Gasteiger partial charge in [-0.15, -0.1) is 11.3 Å². The van der Waals surface area contributed by atoms with E-state index in [1.54, 1.807) is 35.4 Å². The molecule has 2 aromatic carbocycles. The van der Waals surface area contributed by atoms with Crippen LogP contribution in [0.5, 0.6) is 0 Å². The number of amides is 1. The van der Waals surface area contributed by atoms with Crippen molar-refractivity contribution in [2.75, 3.05) is 7.05 Å². The molecule has 0 bridgehead atoms. The molecule has 0 unspecified atom stereocenters. The predicted octanol–water partition coefficient (Wildman–Crippen LogP) is 5.48. The molecule has 2 aromatic heterocycles. The summed E-state index contributed by atoms with van der Waals surface area (Å²) < 4.78 is 6.86. The number of nitrogens with zero attached hydrogens (tertiary/aromatic N) is 2. The summed E-state index contributed by atoms with van der Waals surface area (Å²) in [4.78, 5) is 18.8. The SMILES string of the molecule is CN(Cc1cccc(Cl)c1)C(=O)c1ccc(-c2nc3ccccc3s2)o1. The van der Waals surface area contributed by atoms with E-state index in [1.165, 1.54) is 0 Å². The summed E-state index contributed by atoms with van der Waals surface area (Å²) in [5, 5.41) is 1.42. The third-order valence-corrected chi connectivity index (χ3v) is 5.26. The lowest BCUT2D eigenvalue weighted by Crippen LogP contribution is -2.25. The predicted molar refractivity (Wildman–Crippen MR) is 105 cm³/mol. The van der Waals surface area contributed by atoms with Gasteiger partial charge in [-0.05, 0) is 42.0 Å². The van der Waals surface area contributed by atoms with Crippen LogP contribution in [0.1, 0.15) is 16.1 Å². The number of furan rings is 1. The fourth-order valence-electron chi connectivity index (χ4n) is 2.71. The van der Waals surface area contributed by atoms with Crippen molar-refractivity contribution >= 4 is 39.1 Å². The van der Waals surface area contributed by atoms with Crippen molar-refractivity contribution in [1.82, 2.24) is 9.88 Å². The van der Waals surface area contributed by atoms with Crippen molar-refractivity contribution in [3.8, 4) is 10.8 Å². The van der Waals surface area contributed by atoms with Gasteiger partial charge in [-0.1, -0.05) is 35.9 Å². The van der Waals surface area contributed by atoms with Crippen LogP contribution in [0.25, 0.3) is 21.0 Å². The van der Waals surface area contributed by atoms with Gasteiger partial charge in [-0.3, -0.25) is 4.79 Å². The Bertz CT molecular complexity index is 1050. The maximum absolute atomic E-state index is 12.6. The Kier molecular flexibility index (Phi) is 4.49. The van der Waals surface area contributed by atoms with Crippen LogP contribution in [-0.4, -0.2) is 22.8 Å². The van der Waals surface area contributed by atoms with Gasteiger partial charge in [0.15, 0.2) is 16.5 Å². The molecule has 0 N–H and O–H groups in total. The van der Waals surface area contributed by atoms with Gasteiger partial charge in [0.2, 0.25) is 0 Å². The zero-order chi connectivity index (χ0) is 18.1. The topological polar surface area (TPSA) is 46.3 Å². The first-order valence-electron chi connectivity index (χ1n) is 8.06. The molecule has 0 fully saturated rings. The molecule has 130 valence electrons. The third-order valence-electron chi connectivity index (χ3n) is 3.98. The zero-order valence-corrected chi connectivity index (χ0v) is 15.6. The summed E-state index contributed by atoms with van der Waals surface area (Å²) in [6.45, 7) is 0.455. The van der Waals surface area contributed by atoms with Crippen LogP contribution in [0.3, 0.4) is 0 Å². The second kappa shape index (κ2) is 6.94. The Labute approximate surface area is 159 Å². The van der Waals surface area contributed by atoms with Crippen LogP contribution in [0.2, 0.25) is 5.02 Å². The second-order valence-electron chi connectivity index (χ2n) is 5.94. The molecular formula is C20H15ClN2O2S. The number of aromatic nitrogens is 1. The van der Waals surface area contributed by atoms with Crippen molar-refractivity contribution in [2.24, 2.45) is 0 Å². The van der Waals surface area contributed by atoms with E-state index in [1.807, 2.05) is 48.5 Å². The van der Waals surface area contributed by atoms with E-state index in [-0.39, 0.29) is 5.91 Å². The Balaban J connectivity index is 1.54. The van der Waals surface area contributed by atoms with Crippen LogP contribution in [0.4, 0.5) is 0 Å². The fourth-order valence-corrected chi connectivity index (χ4v) is 3.85. The summed E-state index contributed by atoms with van der Waals surface area (Å²) in [5.41, 5.74) is 1.89. The van der Waals surface area contributed by atoms with Gasteiger partial charge in [0.1, 0.15) is 0 Å². The molecule has 26 heavy (non-hydrogen) atoms.